The largest absolute Gasteiger partial charge is 0.324 e. The first kappa shape index (κ1) is 25.3. The highest BCUT2D eigenvalue weighted by Crippen LogP contribution is 2.22. The van der Waals surface area contributed by atoms with Crippen LogP contribution in [0.25, 0.3) is 16.7 Å². The van der Waals surface area contributed by atoms with Crippen molar-refractivity contribution in [3.05, 3.63) is 88.6 Å². The number of likely N-dealkylation sites (tertiary alicyclic amines) is 2. The van der Waals surface area contributed by atoms with Crippen LogP contribution in [0.4, 0.5) is 14.9 Å². The molecule has 0 radical (unpaired) electrons. The Hall–Kier alpha value is -3.98. The molecule has 2 aliphatic heterocycles. The number of urea groups is 1. The molecule has 1 N–H and O–H groups in total. The SMILES string of the molecule is O=C(Nc1cccc(Cn2nc(-n3ccc4ccc(F)cc43)ccc2=O)c1)N1CCC(N2CCCCC2)CC1. The number of fused-ring (bicyclic) bond motifs is 1. The third-order valence-corrected chi connectivity index (χ3v) is 7.92. The summed E-state index contributed by atoms with van der Waals surface area (Å²) in [6.07, 6.45) is 7.74. The summed E-state index contributed by atoms with van der Waals surface area (Å²) in [4.78, 5) is 30.1. The van der Waals surface area contributed by atoms with Crippen LogP contribution in [0.1, 0.15) is 37.7 Å². The lowest BCUT2D eigenvalue weighted by molar-refractivity contribution is 0.104. The summed E-state index contributed by atoms with van der Waals surface area (Å²) in [5, 5.41) is 8.46. The average molecular weight is 529 g/mol. The summed E-state index contributed by atoms with van der Waals surface area (Å²) >= 11 is 0. The molecular weight excluding hydrogens is 495 g/mol. The van der Waals surface area contributed by atoms with E-state index in [0.717, 1.165) is 36.9 Å². The number of hydrogen-bond donors (Lipinski definition) is 1. The van der Waals surface area contributed by atoms with Crippen molar-refractivity contribution < 1.29 is 9.18 Å². The van der Waals surface area contributed by atoms with Crippen molar-refractivity contribution in [2.24, 2.45) is 0 Å². The molecule has 2 amide bonds. The third-order valence-electron chi connectivity index (χ3n) is 7.92. The molecular formula is C30H33FN6O2. The van der Waals surface area contributed by atoms with Crippen molar-refractivity contribution >= 4 is 22.6 Å². The number of nitrogens with zero attached hydrogens (tertiary/aromatic N) is 5. The van der Waals surface area contributed by atoms with Crippen molar-refractivity contribution in [1.82, 2.24) is 24.1 Å². The lowest BCUT2D eigenvalue weighted by Crippen LogP contribution is -2.49. The van der Waals surface area contributed by atoms with Gasteiger partial charge >= 0.3 is 6.03 Å². The molecule has 0 spiro atoms. The van der Waals surface area contributed by atoms with Gasteiger partial charge in [-0.3, -0.25) is 9.36 Å². The predicted octanol–water partition coefficient (Wildman–Crippen LogP) is 4.86. The first-order valence-electron chi connectivity index (χ1n) is 13.8. The number of anilines is 1. The molecule has 2 aromatic heterocycles. The Morgan fingerprint density at radius 1 is 0.949 bits per heavy atom. The highest BCUT2D eigenvalue weighted by molar-refractivity contribution is 5.89. The van der Waals surface area contributed by atoms with Gasteiger partial charge in [-0.1, -0.05) is 18.6 Å². The Kier molecular flexibility index (Phi) is 7.15. The van der Waals surface area contributed by atoms with Crippen LogP contribution in [-0.2, 0) is 6.54 Å². The fraction of sp³-hybridized carbons (Fsp3) is 0.367. The maximum Gasteiger partial charge on any atom is 0.321 e. The number of rotatable bonds is 5. The van der Waals surface area contributed by atoms with Crippen LogP contribution in [0.15, 0.2) is 71.7 Å². The number of nitrogens with one attached hydrogen (secondary N) is 1. The lowest BCUT2D eigenvalue weighted by atomic mass is 10.00. The summed E-state index contributed by atoms with van der Waals surface area (Å²) in [5.74, 6) is 0.189. The van der Waals surface area contributed by atoms with Crippen LogP contribution in [-0.4, -0.2) is 62.4 Å². The van der Waals surface area contributed by atoms with Crippen LogP contribution in [0, 0.1) is 5.82 Å². The monoisotopic (exact) mass is 528 g/mol. The van der Waals surface area contributed by atoms with Gasteiger partial charge in [0.15, 0.2) is 5.82 Å². The van der Waals surface area contributed by atoms with E-state index in [1.807, 2.05) is 41.4 Å². The number of amides is 2. The normalized spacial score (nSPS) is 17.0. The van der Waals surface area contributed by atoms with Crippen LogP contribution >= 0.6 is 0 Å². The molecule has 2 fully saturated rings. The molecule has 8 nitrogen and oxygen atoms in total. The Morgan fingerprint density at radius 2 is 1.77 bits per heavy atom. The smallest absolute Gasteiger partial charge is 0.321 e. The van der Waals surface area contributed by atoms with Crippen LogP contribution in [0.2, 0.25) is 0 Å². The molecule has 4 heterocycles. The van der Waals surface area contributed by atoms with Crippen molar-refractivity contribution in [1.29, 1.82) is 0 Å². The van der Waals surface area contributed by atoms with Gasteiger partial charge < -0.3 is 15.1 Å². The molecule has 4 aromatic rings. The van der Waals surface area contributed by atoms with Crippen LogP contribution < -0.4 is 10.9 Å². The molecule has 2 aliphatic rings. The molecule has 9 heteroatoms. The van der Waals surface area contributed by atoms with Gasteiger partial charge in [0, 0.05) is 42.5 Å². The van der Waals surface area contributed by atoms with E-state index in [4.69, 9.17) is 0 Å². The standard InChI is InChI=1S/C30H33FN6O2/c31-24-8-7-23-11-18-36(27(23)20-24)28-9-10-29(38)37(33-28)21-22-5-4-6-25(19-22)32-30(39)35-16-12-26(13-17-35)34-14-2-1-3-15-34/h4-11,18-20,26H,1-3,12-17,21H2,(H,32,39). The van der Waals surface area contributed by atoms with Crippen LogP contribution in [0.3, 0.4) is 0 Å². The highest BCUT2D eigenvalue weighted by atomic mass is 19.1. The quantitative estimate of drug-likeness (QED) is 0.402. The number of halogens is 1. The molecule has 202 valence electrons. The number of carbonyl (C=O) groups is 1. The Balaban J connectivity index is 1.12. The van der Waals surface area contributed by atoms with Gasteiger partial charge in [-0.2, -0.15) is 5.10 Å². The maximum atomic E-state index is 13.9. The maximum absolute atomic E-state index is 13.9. The molecule has 2 saturated heterocycles. The van der Waals surface area contributed by atoms with Gasteiger partial charge in [0.25, 0.3) is 5.56 Å². The minimum absolute atomic E-state index is 0.0896. The number of aromatic nitrogens is 3. The van der Waals surface area contributed by atoms with Crippen molar-refractivity contribution in [3.63, 3.8) is 0 Å². The van der Waals surface area contributed by atoms with Gasteiger partial charge in [-0.15, -0.1) is 0 Å². The van der Waals surface area contributed by atoms with Crippen molar-refractivity contribution in [2.45, 2.75) is 44.7 Å². The second kappa shape index (κ2) is 11.0. The topological polar surface area (TPSA) is 75.4 Å². The van der Waals surface area contributed by atoms with E-state index in [1.165, 1.54) is 55.2 Å². The predicted molar refractivity (Wildman–Crippen MR) is 150 cm³/mol. The zero-order valence-corrected chi connectivity index (χ0v) is 21.9. The second-order valence-electron chi connectivity index (χ2n) is 10.5. The Morgan fingerprint density at radius 3 is 2.59 bits per heavy atom. The zero-order chi connectivity index (χ0) is 26.8. The minimum atomic E-state index is -0.332. The number of carbonyl (C=O) groups excluding carboxylic acids is 1. The third kappa shape index (κ3) is 5.59. The fourth-order valence-corrected chi connectivity index (χ4v) is 5.82. The van der Waals surface area contributed by atoms with Gasteiger partial charge in [0.2, 0.25) is 0 Å². The first-order chi connectivity index (χ1) is 19.0. The summed E-state index contributed by atoms with van der Waals surface area (Å²) in [5.41, 5.74) is 1.96. The van der Waals surface area contributed by atoms with Crippen molar-refractivity contribution in [2.75, 3.05) is 31.5 Å². The van der Waals surface area contributed by atoms with E-state index >= 15 is 0 Å². The summed E-state index contributed by atoms with van der Waals surface area (Å²) < 4.78 is 17.0. The summed E-state index contributed by atoms with van der Waals surface area (Å²) in [6.45, 7) is 4.13. The molecule has 0 unspecified atom stereocenters. The molecule has 0 bridgehead atoms. The minimum Gasteiger partial charge on any atom is -0.324 e. The molecule has 0 atom stereocenters. The van der Waals surface area contributed by atoms with Gasteiger partial charge in [0.05, 0.1) is 12.1 Å². The van der Waals surface area contributed by atoms with E-state index in [1.54, 1.807) is 16.7 Å². The molecule has 0 saturated carbocycles. The summed E-state index contributed by atoms with van der Waals surface area (Å²) in [7, 11) is 0. The lowest BCUT2D eigenvalue weighted by Gasteiger charge is -2.40. The number of piperidine rings is 2. The van der Waals surface area contributed by atoms with Gasteiger partial charge in [-0.05, 0) is 86.8 Å². The van der Waals surface area contributed by atoms with Crippen molar-refractivity contribution in [3.8, 4) is 5.82 Å². The Labute approximate surface area is 226 Å². The number of hydrogen-bond acceptors (Lipinski definition) is 4. The fourth-order valence-electron chi connectivity index (χ4n) is 5.82. The molecule has 6 rings (SSSR count). The van der Waals surface area contributed by atoms with Gasteiger partial charge in [0.1, 0.15) is 5.82 Å². The van der Waals surface area contributed by atoms with E-state index in [0.29, 0.717) is 23.1 Å². The Bertz CT molecular complexity index is 1530. The van der Waals surface area contributed by atoms with E-state index in [2.05, 4.69) is 15.3 Å². The highest BCUT2D eigenvalue weighted by Gasteiger charge is 2.27. The molecule has 0 aliphatic carbocycles. The second-order valence-corrected chi connectivity index (χ2v) is 10.5. The average Bonchev–Trinajstić information content (AvgIpc) is 3.38. The van der Waals surface area contributed by atoms with E-state index in [-0.39, 0.29) is 24.0 Å². The van der Waals surface area contributed by atoms with Crippen LogP contribution in [0.5, 0.6) is 0 Å². The van der Waals surface area contributed by atoms with E-state index < -0.39 is 0 Å². The molecule has 39 heavy (non-hydrogen) atoms. The van der Waals surface area contributed by atoms with Gasteiger partial charge in [-0.25, -0.2) is 13.9 Å². The first-order valence-corrected chi connectivity index (χ1v) is 13.8. The number of benzene rings is 2. The van der Waals surface area contributed by atoms with E-state index in [9.17, 15) is 14.0 Å². The molecule has 2 aromatic carbocycles. The zero-order valence-electron chi connectivity index (χ0n) is 21.9. The summed E-state index contributed by atoms with van der Waals surface area (Å²) in [6, 6.07) is 17.6.